The summed E-state index contributed by atoms with van der Waals surface area (Å²) in [5.41, 5.74) is 6.48. The molecule has 7 heteroatoms. The second-order valence-corrected chi connectivity index (χ2v) is 12.5. The minimum absolute atomic E-state index is 0.297. The van der Waals surface area contributed by atoms with E-state index in [0.29, 0.717) is 12.7 Å². The first kappa shape index (κ1) is 14.7. The first-order chi connectivity index (χ1) is 8.87. The van der Waals surface area contributed by atoms with Crippen LogP contribution < -0.4 is 5.73 Å². The van der Waals surface area contributed by atoms with Crippen molar-refractivity contribution in [3.8, 4) is 0 Å². The second-order valence-electron chi connectivity index (χ2n) is 5.76. The van der Waals surface area contributed by atoms with Crippen LogP contribution in [0.2, 0.25) is 25.7 Å². The summed E-state index contributed by atoms with van der Waals surface area (Å²) >= 11 is 2.27. The van der Waals surface area contributed by atoms with Gasteiger partial charge in [-0.05, 0) is 28.6 Å². The van der Waals surface area contributed by atoms with E-state index in [0.717, 1.165) is 21.2 Å². The van der Waals surface area contributed by atoms with Crippen molar-refractivity contribution in [2.45, 2.75) is 32.4 Å². The number of ether oxygens (including phenoxy) is 1. The highest BCUT2D eigenvalue weighted by Gasteiger charge is 2.13. The van der Waals surface area contributed by atoms with Crippen molar-refractivity contribution >= 4 is 47.6 Å². The highest BCUT2D eigenvalue weighted by molar-refractivity contribution is 14.1. The molecule has 5 nitrogen and oxygen atoms in total. The smallest absolute Gasteiger partial charge is 0.221 e. The third-order valence-electron chi connectivity index (χ3n) is 2.81. The van der Waals surface area contributed by atoms with Gasteiger partial charge in [0, 0.05) is 30.6 Å². The highest BCUT2D eigenvalue weighted by atomic mass is 127. The van der Waals surface area contributed by atoms with E-state index in [4.69, 9.17) is 10.5 Å². The Balaban J connectivity index is 2.07. The van der Waals surface area contributed by atoms with Crippen LogP contribution in [-0.4, -0.2) is 29.2 Å². The maximum atomic E-state index is 5.75. The Morgan fingerprint density at radius 1 is 1.42 bits per heavy atom. The SMILES string of the molecule is C[Si](C)(C)CCOCn1cc(I)c2cnc(N)nc21. The van der Waals surface area contributed by atoms with Gasteiger partial charge >= 0.3 is 0 Å². The Kier molecular flexibility index (Phi) is 4.46. The van der Waals surface area contributed by atoms with Crippen molar-refractivity contribution in [3.63, 3.8) is 0 Å². The Hall–Kier alpha value is -0.673. The molecule has 0 aliphatic rings. The molecule has 0 aromatic carbocycles. The zero-order valence-corrected chi connectivity index (χ0v) is 14.6. The molecule has 0 fully saturated rings. The number of hydrogen-bond donors (Lipinski definition) is 1. The van der Waals surface area contributed by atoms with E-state index in [1.807, 2.05) is 10.8 Å². The average molecular weight is 390 g/mol. The Morgan fingerprint density at radius 2 is 2.16 bits per heavy atom. The van der Waals surface area contributed by atoms with Gasteiger partial charge in [0.15, 0.2) is 0 Å². The minimum Gasteiger partial charge on any atom is -0.368 e. The molecule has 19 heavy (non-hydrogen) atoms. The molecule has 0 bridgehead atoms. The van der Waals surface area contributed by atoms with Crippen molar-refractivity contribution in [1.29, 1.82) is 0 Å². The number of fused-ring (bicyclic) bond motifs is 1. The van der Waals surface area contributed by atoms with Crippen LogP contribution >= 0.6 is 22.6 Å². The summed E-state index contributed by atoms with van der Waals surface area (Å²) in [7, 11) is -1.03. The normalized spacial score (nSPS) is 12.2. The summed E-state index contributed by atoms with van der Waals surface area (Å²) < 4.78 is 8.85. The maximum absolute atomic E-state index is 5.75. The van der Waals surface area contributed by atoms with Gasteiger partial charge in [0.25, 0.3) is 0 Å². The van der Waals surface area contributed by atoms with Gasteiger partial charge in [0.05, 0.1) is 5.39 Å². The van der Waals surface area contributed by atoms with E-state index < -0.39 is 8.07 Å². The number of nitrogens with zero attached hydrogens (tertiary/aromatic N) is 3. The minimum atomic E-state index is -1.03. The third-order valence-corrected chi connectivity index (χ3v) is 5.38. The molecule has 0 aliphatic heterocycles. The van der Waals surface area contributed by atoms with E-state index in [1.54, 1.807) is 6.20 Å². The quantitative estimate of drug-likeness (QED) is 0.484. The molecule has 0 unspecified atom stereocenters. The molecule has 0 radical (unpaired) electrons. The van der Waals surface area contributed by atoms with Crippen molar-refractivity contribution in [2.75, 3.05) is 12.3 Å². The van der Waals surface area contributed by atoms with Gasteiger partial charge < -0.3 is 15.0 Å². The van der Waals surface area contributed by atoms with Gasteiger partial charge in [0.2, 0.25) is 5.95 Å². The number of halogens is 1. The summed E-state index contributed by atoms with van der Waals surface area (Å²) in [4.78, 5) is 8.30. The standard InChI is InChI=1S/C12H19IN4OSi/c1-19(2,3)5-4-18-8-17-7-10(13)9-6-15-12(14)16-11(9)17/h6-7H,4-5,8H2,1-3H3,(H2,14,15,16). The van der Waals surface area contributed by atoms with Crippen molar-refractivity contribution < 1.29 is 4.74 Å². The summed E-state index contributed by atoms with van der Waals surface area (Å²) in [6.07, 6.45) is 3.78. The van der Waals surface area contributed by atoms with Crippen LogP contribution in [0.15, 0.2) is 12.4 Å². The van der Waals surface area contributed by atoms with Gasteiger partial charge in [-0.25, -0.2) is 4.98 Å². The molecule has 0 aliphatic carbocycles. The molecule has 0 saturated carbocycles. The first-order valence-electron chi connectivity index (χ1n) is 6.21. The van der Waals surface area contributed by atoms with Crippen molar-refractivity contribution in [2.24, 2.45) is 0 Å². The Bertz CT molecular complexity index is 579. The predicted octanol–water partition coefficient (Wildman–Crippen LogP) is 2.93. The van der Waals surface area contributed by atoms with Gasteiger partial charge in [-0.3, -0.25) is 0 Å². The van der Waals surface area contributed by atoms with E-state index in [1.165, 1.54) is 6.04 Å². The molecule has 0 spiro atoms. The number of rotatable bonds is 5. The molecule has 104 valence electrons. The van der Waals surface area contributed by atoms with Crippen LogP contribution in [0.3, 0.4) is 0 Å². The van der Waals surface area contributed by atoms with Gasteiger partial charge in [-0.1, -0.05) is 19.6 Å². The van der Waals surface area contributed by atoms with E-state index in [2.05, 4.69) is 52.2 Å². The fourth-order valence-electron chi connectivity index (χ4n) is 1.68. The van der Waals surface area contributed by atoms with Crippen LogP contribution in [0.4, 0.5) is 5.95 Å². The fraction of sp³-hybridized carbons (Fsp3) is 0.500. The van der Waals surface area contributed by atoms with Gasteiger partial charge in [-0.2, -0.15) is 4.98 Å². The molecule has 2 heterocycles. The van der Waals surface area contributed by atoms with Crippen LogP contribution in [0, 0.1) is 3.57 Å². The Labute approximate surface area is 127 Å². The molecule has 2 aromatic rings. The van der Waals surface area contributed by atoms with Crippen LogP contribution in [0.5, 0.6) is 0 Å². The van der Waals surface area contributed by atoms with E-state index >= 15 is 0 Å². The monoisotopic (exact) mass is 390 g/mol. The third kappa shape index (κ3) is 3.89. The van der Waals surface area contributed by atoms with Crippen molar-refractivity contribution in [3.05, 3.63) is 16.0 Å². The summed E-state index contributed by atoms with van der Waals surface area (Å²) in [5, 5.41) is 1.02. The molecule has 2 rings (SSSR count). The lowest BCUT2D eigenvalue weighted by Crippen LogP contribution is -2.22. The summed E-state index contributed by atoms with van der Waals surface area (Å²) in [5.74, 6) is 0.297. The summed E-state index contributed by atoms with van der Waals surface area (Å²) in [6.45, 7) is 8.35. The predicted molar refractivity (Wildman–Crippen MR) is 88.8 cm³/mol. The summed E-state index contributed by atoms with van der Waals surface area (Å²) in [6, 6.07) is 1.17. The zero-order chi connectivity index (χ0) is 14.0. The molecule has 0 atom stereocenters. The molecule has 0 saturated heterocycles. The van der Waals surface area contributed by atoms with Crippen molar-refractivity contribution in [1.82, 2.24) is 14.5 Å². The van der Waals surface area contributed by atoms with Crippen LogP contribution in [0.25, 0.3) is 11.0 Å². The molecule has 2 aromatic heterocycles. The lowest BCUT2D eigenvalue weighted by atomic mass is 10.4. The van der Waals surface area contributed by atoms with E-state index in [9.17, 15) is 0 Å². The molecule has 0 amide bonds. The maximum Gasteiger partial charge on any atom is 0.221 e. The number of nitrogen functional groups attached to an aromatic ring is 1. The largest absolute Gasteiger partial charge is 0.368 e. The lowest BCUT2D eigenvalue weighted by Gasteiger charge is -2.15. The Morgan fingerprint density at radius 3 is 2.84 bits per heavy atom. The van der Waals surface area contributed by atoms with Gasteiger partial charge in [0.1, 0.15) is 12.4 Å². The van der Waals surface area contributed by atoms with Crippen LogP contribution in [0.1, 0.15) is 0 Å². The van der Waals surface area contributed by atoms with Gasteiger partial charge in [-0.15, -0.1) is 0 Å². The number of hydrogen-bond acceptors (Lipinski definition) is 4. The fourth-order valence-corrected chi connectivity index (χ4v) is 3.15. The molecular weight excluding hydrogens is 371 g/mol. The topological polar surface area (TPSA) is 66.0 Å². The number of anilines is 1. The lowest BCUT2D eigenvalue weighted by molar-refractivity contribution is 0.0898. The van der Waals surface area contributed by atoms with Crippen LogP contribution in [-0.2, 0) is 11.5 Å². The number of nitrogens with two attached hydrogens (primary N) is 1. The van der Waals surface area contributed by atoms with E-state index in [-0.39, 0.29) is 0 Å². The molecule has 2 N–H and O–H groups in total. The average Bonchev–Trinajstić information content (AvgIpc) is 2.60. The zero-order valence-electron chi connectivity index (χ0n) is 11.5. The second kappa shape index (κ2) is 5.76. The molecular formula is C12H19IN4OSi. The highest BCUT2D eigenvalue weighted by Crippen LogP contribution is 2.21. The number of aromatic nitrogens is 3. The first-order valence-corrected chi connectivity index (χ1v) is 11.0.